The maximum Gasteiger partial charge on any atom is 0.134 e. The standard InChI is InChI=1S/C14H18O.C10H16.C9H12.2C2H6/c1-4-11(2)9-13-5-7-14(8-6-13)10-12(3)15;1-4-5-6-7-8-9-10(2)3;1-7-4-5-8(2)9(3)6-7;2*1-2/h4-8H,9-10H2,1-3H3;4-5,8-9H,2,6-7H2,1,3H3;4-6H,1-3H3;2*1-2H3/b11-4+;5-4-,9-8-;;;. The number of ketones is 1. The van der Waals surface area contributed by atoms with Gasteiger partial charge in [-0.25, -0.2) is 0 Å². The number of hydrogen-bond acceptors (Lipinski definition) is 1. The van der Waals surface area contributed by atoms with Crippen LogP contribution in [0.4, 0.5) is 0 Å². The molecule has 0 aliphatic rings. The molecule has 0 spiro atoms. The van der Waals surface area contributed by atoms with Gasteiger partial charge in [0, 0.05) is 6.42 Å². The van der Waals surface area contributed by atoms with E-state index in [1.54, 1.807) is 6.92 Å². The molecule has 0 fully saturated rings. The zero-order chi connectivity index (χ0) is 29.9. The molecule has 0 saturated carbocycles. The fourth-order valence-electron chi connectivity index (χ4n) is 3.02. The van der Waals surface area contributed by atoms with Crippen LogP contribution in [-0.4, -0.2) is 5.78 Å². The first-order valence-electron chi connectivity index (χ1n) is 14.2. The Bertz CT molecular complexity index is 953. The quantitative estimate of drug-likeness (QED) is 0.193. The van der Waals surface area contributed by atoms with E-state index in [0.29, 0.717) is 6.42 Å². The largest absolute Gasteiger partial charge is 0.300 e. The van der Waals surface area contributed by atoms with Gasteiger partial charge in [0.15, 0.2) is 0 Å². The Balaban J connectivity index is -0.000000469. The second-order valence-corrected chi connectivity index (χ2v) is 8.99. The Morgan fingerprint density at radius 1 is 0.737 bits per heavy atom. The lowest BCUT2D eigenvalue weighted by Crippen LogP contribution is -1.96. The van der Waals surface area contributed by atoms with E-state index in [-0.39, 0.29) is 5.78 Å². The number of carbonyl (C=O) groups excluding carboxylic acids is 1. The minimum atomic E-state index is 0.215. The highest BCUT2D eigenvalue weighted by atomic mass is 16.1. The number of benzene rings is 2. The summed E-state index contributed by atoms with van der Waals surface area (Å²) in [5.74, 6) is 0.215. The van der Waals surface area contributed by atoms with Crippen molar-refractivity contribution in [2.45, 2.75) is 109 Å². The molecule has 2 rings (SSSR count). The second-order valence-electron chi connectivity index (χ2n) is 8.99. The third kappa shape index (κ3) is 24.8. The molecule has 0 heterocycles. The van der Waals surface area contributed by atoms with Gasteiger partial charge in [0.1, 0.15) is 5.78 Å². The van der Waals surface area contributed by atoms with Gasteiger partial charge >= 0.3 is 0 Å². The molecule has 0 unspecified atom stereocenters. The van der Waals surface area contributed by atoms with E-state index in [9.17, 15) is 4.79 Å². The molecule has 0 bridgehead atoms. The molecule has 0 aliphatic heterocycles. The number of rotatable bonds is 8. The van der Waals surface area contributed by atoms with Crippen molar-refractivity contribution in [3.63, 3.8) is 0 Å². The average Bonchev–Trinajstić information content (AvgIpc) is 2.90. The zero-order valence-electron chi connectivity index (χ0n) is 26.9. The summed E-state index contributed by atoms with van der Waals surface area (Å²) in [6, 6.07) is 14.8. The molecular weight excluding hydrogens is 460 g/mol. The molecule has 0 aliphatic carbocycles. The van der Waals surface area contributed by atoms with Gasteiger partial charge in [0.25, 0.3) is 0 Å². The number of carbonyl (C=O) groups is 1. The topological polar surface area (TPSA) is 17.1 Å². The fourth-order valence-corrected chi connectivity index (χ4v) is 3.02. The van der Waals surface area contributed by atoms with Crippen LogP contribution in [0, 0.1) is 20.8 Å². The first-order valence-corrected chi connectivity index (χ1v) is 14.2. The van der Waals surface area contributed by atoms with Gasteiger partial charge in [-0.1, -0.05) is 124 Å². The van der Waals surface area contributed by atoms with Crippen molar-refractivity contribution in [1.29, 1.82) is 0 Å². The Morgan fingerprint density at radius 3 is 1.63 bits per heavy atom. The molecule has 0 amide bonds. The predicted octanol–water partition coefficient (Wildman–Crippen LogP) is 11.5. The Labute approximate surface area is 237 Å². The van der Waals surface area contributed by atoms with E-state index in [1.165, 1.54) is 27.8 Å². The monoisotopic (exact) mass is 518 g/mol. The van der Waals surface area contributed by atoms with E-state index in [1.807, 2.05) is 53.7 Å². The summed E-state index contributed by atoms with van der Waals surface area (Å²) < 4.78 is 0. The summed E-state index contributed by atoms with van der Waals surface area (Å²) in [6.07, 6.45) is 14.4. The lowest BCUT2D eigenvalue weighted by Gasteiger charge is -2.03. The number of allylic oxidation sites excluding steroid dienone is 7. The summed E-state index contributed by atoms with van der Waals surface area (Å²) in [7, 11) is 0. The summed E-state index contributed by atoms with van der Waals surface area (Å²) in [6.45, 7) is 28.0. The van der Waals surface area contributed by atoms with Crippen LogP contribution < -0.4 is 0 Å². The van der Waals surface area contributed by atoms with Crippen LogP contribution in [0.3, 0.4) is 0 Å². The van der Waals surface area contributed by atoms with E-state index < -0.39 is 0 Å². The van der Waals surface area contributed by atoms with Crippen molar-refractivity contribution in [2.75, 3.05) is 0 Å². The molecule has 0 saturated heterocycles. The van der Waals surface area contributed by atoms with Gasteiger partial charge in [-0.15, -0.1) is 0 Å². The molecule has 0 atom stereocenters. The van der Waals surface area contributed by atoms with E-state index >= 15 is 0 Å². The molecule has 0 N–H and O–H groups in total. The van der Waals surface area contributed by atoms with Crippen LogP contribution in [-0.2, 0) is 17.6 Å². The second kappa shape index (κ2) is 27.1. The molecule has 0 radical (unpaired) electrons. The van der Waals surface area contributed by atoms with E-state index in [2.05, 4.69) is 102 Å². The van der Waals surface area contributed by atoms with Crippen molar-refractivity contribution >= 4 is 5.78 Å². The van der Waals surface area contributed by atoms with E-state index in [0.717, 1.165) is 30.4 Å². The number of Topliss-reactive ketones (excluding diaryl/α,β-unsaturated/α-hetero) is 1. The van der Waals surface area contributed by atoms with Crippen molar-refractivity contribution in [2.24, 2.45) is 0 Å². The summed E-state index contributed by atoms with van der Waals surface area (Å²) in [5.41, 5.74) is 9.01. The molecular formula is C37H58O. The van der Waals surface area contributed by atoms with Crippen LogP contribution in [0.5, 0.6) is 0 Å². The summed E-state index contributed by atoms with van der Waals surface area (Å²) >= 11 is 0. The highest BCUT2D eigenvalue weighted by molar-refractivity contribution is 5.78. The van der Waals surface area contributed by atoms with Crippen molar-refractivity contribution < 1.29 is 4.79 Å². The lowest BCUT2D eigenvalue weighted by molar-refractivity contribution is -0.116. The van der Waals surface area contributed by atoms with Crippen LogP contribution in [0.1, 0.15) is 103 Å². The molecule has 2 aromatic carbocycles. The maximum absolute atomic E-state index is 10.9. The van der Waals surface area contributed by atoms with Crippen molar-refractivity contribution in [1.82, 2.24) is 0 Å². The summed E-state index contributed by atoms with van der Waals surface area (Å²) in [4.78, 5) is 10.9. The minimum absolute atomic E-state index is 0.215. The van der Waals surface area contributed by atoms with Gasteiger partial charge in [-0.2, -0.15) is 0 Å². The van der Waals surface area contributed by atoms with Crippen molar-refractivity contribution in [3.8, 4) is 0 Å². The van der Waals surface area contributed by atoms with Crippen LogP contribution in [0.25, 0.3) is 0 Å². The molecule has 1 heteroatoms. The third-order valence-electron chi connectivity index (χ3n) is 5.25. The number of hydrogen-bond donors (Lipinski definition) is 0. The molecule has 212 valence electrons. The Hall–Kier alpha value is -2.93. The van der Waals surface area contributed by atoms with Gasteiger partial charge < -0.3 is 0 Å². The normalized spacial score (nSPS) is 10.2. The van der Waals surface area contributed by atoms with E-state index in [4.69, 9.17) is 0 Å². The first-order chi connectivity index (χ1) is 18.1. The minimum Gasteiger partial charge on any atom is -0.300 e. The highest BCUT2D eigenvalue weighted by Crippen LogP contribution is 2.10. The third-order valence-corrected chi connectivity index (χ3v) is 5.25. The smallest absolute Gasteiger partial charge is 0.134 e. The molecule has 2 aromatic rings. The van der Waals surface area contributed by atoms with Crippen molar-refractivity contribution in [3.05, 3.63) is 118 Å². The average molecular weight is 519 g/mol. The fraction of sp³-hybridized carbons (Fsp3) is 0.432. The SMILES string of the molecule is C/C=C(\C)Cc1ccc(CC(C)=O)cc1.C=C(C)/C=C\CC/C=C\C.CC.CC.Cc1ccc(C)c(C)c1. The lowest BCUT2D eigenvalue weighted by atomic mass is 10.0. The highest BCUT2D eigenvalue weighted by Gasteiger charge is 1.98. The van der Waals surface area contributed by atoms with Gasteiger partial charge in [-0.05, 0) is 96.9 Å². The Morgan fingerprint density at radius 2 is 1.24 bits per heavy atom. The van der Waals surface area contributed by atoms with Gasteiger partial charge in [-0.3, -0.25) is 4.79 Å². The number of aryl methyl sites for hydroxylation is 3. The maximum atomic E-state index is 10.9. The zero-order valence-corrected chi connectivity index (χ0v) is 26.9. The molecule has 1 nitrogen and oxygen atoms in total. The molecule has 38 heavy (non-hydrogen) atoms. The molecule has 0 aromatic heterocycles. The predicted molar refractivity (Wildman–Crippen MR) is 175 cm³/mol. The van der Waals surface area contributed by atoms with Crippen LogP contribution in [0.2, 0.25) is 0 Å². The summed E-state index contributed by atoms with van der Waals surface area (Å²) in [5, 5.41) is 0. The van der Waals surface area contributed by atoms with Crippen LogP contribution >= 0.6 is 0 Å². The van der Waals surface area contributed by atoms with Gasteiger partial charge in [0.05, 0.1) is 0 Å². The number of unbranched alkanes of at least 4 members (excludes halogenated alkanes) is 1. The Kier molecular flexibility index (Phi) is 28.2. The van der Waals surface area contributed by atoms with Crippen LogP contribution in [0.15, 0.2) is 90.6 Å². The first kappa shape index (κ1) is 39.6. The van der Waals surface area contributed by atoms with Gasteiger partial charge in [0.2, 0.25) is 0 Å².